The van der Waals surface area contributed by atoms with Crippen LogP contribution >= 0.6 is 11.3 Å². The monoisotopic (exact) mass is 276 g/mol. The number of hydrogen-bond donors (Lipinski definition) is 1. The number of nitrogens with one attached hydrogen (secondary N) is 1. The van der Waals surface area contributed by atoms with Crippen LogP contribution in [0.15, 0.2) is 34.4 Å². The van der Waals surface area contributed by atoms with Crippen molar-refractivity contribution in [3.63, 3.8) is 0 Å². The molecule has 0 unspecified atom stereocenters. The molecular weight excluding hydrogens is 260 g/mol. The topological polar surface area (TPSA) is 53.2 Å². The Bertz CT molecular complexity index is 631. The van der Waals surface area contributed by atoms with Gasteiger partial charge in [-0.15, -0.1) is 11.3 Å². The van der Waals surface area contributed by atoms with Crippen molar-refractivity contribution in [3.05, 3.63) is 56.1 Å². The first-order chi connectivity index (χ1) is 9.00. The first-order valence-electron chi connectivity index (χ1n) is 6.01. The molecule has 19 heavy (non-hydrogen) atoms. The molecule has 1 atom stereocenters. The Morgan fingerprint density at radius 1 is 1.37 bits per heavy atom. The summed E-state index contributed by atoms with van der Waals surface area (Å²) >= 11 is 1.60. The largest absolute Gasteiger partial charge is 0.334 e. The van der Waals surface area contributed by atoms with Gasteiger partial charge in [0.1, 0.15) is 5.56 Å². The van der Waals surface area contributed by atoms with E-state index in [2.05, 4.69) is 4.98 Å². The fourth-order valence-corrected chi connectivity index (χ4v) is 2.65. The highest BCUT2D eigenvalue weighted by Gasteiger charge is 2.21. The summed E-state index contributed by atoms with van der Waals surface area (Å²) in [5.41, 5.74) is 0.585. The molecule has 0 saturated carbocycles. The lowest BCUT2D eigenvalue weighted by Crippen LogP contribution is -2.33. The predicted octanol–water partition coefficient (Wildman–Crippen LogP) is 2.58. The maximum absolute atomic E-state index is 12.3. The number of nitrogens with zero attached hydrogens (tertiary/aromatic N) is 1. The summed E-state index contributed by atoms with van der Waals surface area (Å²) in [7, 11) is 1.71. The molecule has 0 bridgehead atoms. The van der Waals surface area contributed by atoms with Crippen molar-refractivity contribution < 1.29 is 4.79 Å². The molecule has 1 N–H and O–H groups in total. The molecule has 100 valence electrons. The summed E-state index contributed by atoms with van der Waals surface area (Å²) in [6, 6.07) is 7.20. The van der Waals surface area contributed by atoms with Crippen LogP contribution in [-0.4, -0.2) is 22.8 Å². The lowest BCUT2D eigenvalue weighted by Gasteiger charge is -2.23. The minimum Gasteiger partial charge on any atom is -0.334 e. The number of aromatic nitrogens is 1. The van der Waals surface area contributed by atoms with Gasteiger partial charge in [0.25, 0.3) is 11.5 Å². The van der Waals surface area contributed by atoms with E-state index in [1.54, 1.807) is 42.3 Å². The first kappa shape index (κ1) is 13.5. The van der Waals surface area contributed by atoms with Gasteiger partial charge in [0.05, 0.1) is 6.04 Å². The van der Waals surface area contributed by atoms with Gasteiger partial charge in [-0.2, -0.15) is 0 Å². The lowest BCUT2D eigenvalue weighted by atomic mass is 10.2. The average Bonchev–Trinajstić information content (AvgIpc) is 2.90. The number of pyridine rings is 1. The maximum atomic E-state index is 12.3. The van der Waals surface area contributed by atoms with Crippen LogP contribution in [0.1, 0.15) is 33.9 Å². The van der Waals surface area contributed by atoms with Gasteiger partial charge in [-0.1, -0.05) is 6.07 Å². The minimum absolute atomic E-state index is 0.0480. The first-order valence-corrected chi connectivity index (χ1v) is 6.89. The van der Waals surface area contributed by atoms with E-state index < -0.39 is 0 Å². The molecule has 2 heterocycles. The number of carbonyl (C=O) groups excluding carboxylic acids is 1. The molecule has 0 radical (unpaired) electrons. The smallest absolute Gasteiger partial charge is 0.260 e. The van der Waals surface area contributed by atoms with Gasteiger partial charge in [-0.25, -0.2) is 0 Å². The molecule has 5 heteroatoms. The third-order valence-electron chi connectivity index (χ3n) is 3.14. The number of amides is 1. The Kier molecular flexibility index (Phi) is 3.85. The van der Waals surface area contributed by atoms with E-state index in [0.717, 1.165) is 10.6 Å². The molecule has 0 aliphatic carbocycles. The van der Waals surface area contributed by atoms with Crippen molar-refractivity contribution >= 4 is 17.2 Å². The number of aromatic amines is 1. The van der Waals surface area contributed by atoms with Crippen LogP contribution in [0.5, 0.6) is 0 Å². The zero-order valence-electron chi connectivity index (χ0n) is 11.1. The maximum Gasteiger partial charge on any atom is 0.260 e. The van der Waals surface area contributed by atoms with E-state index >= 15 is 0 Å². The second-order valence-corrected chi connectivity index (χ2v) is 5.47. The molecular formula is C14H16N2O2S. The van der Waals surface area contributed by atoms with E-state index in [0.29, 0.717) is 0 Å². The molecule has 2 rings (SSSR count). The van der Waals surface area contributed by atoms with Crippen LogP contribution in [0.2, 0.25) is 0 Å². The van der Waals surface area contributed by atoms with Crippen LogP contribution in [-0.2, 0) is 0 Å². The van der Waals surface area contributed by atoms with Gasteiger partial charge >= 0.3 is 0 Å². The Hall–Kier alpha value is -1.88. The molecule has 1 amide bonds. The molecule has 0 saturated heterocycles. The van der Waals surface area contributed by atoms with Gasteiger partial charge in [0, 0.05) is 17.6 Å². The van der Waals surface area contributed by atoms with E-state index in [9.17, 15) is 9.59 Å². The van der Waals surface area contributed by atoms with Crippen molar-refractivity contribution in [2.45, 2.75) is 19.9 Å². The van der Waals surface area contributed by atoms with Crippen LogP contribution in [0.25, 0.3) is 0 Å². The molecule has 2 aromatic heterocycles. The Labute approximate surface area is 115 Å². The fourth-order valence-electron chi connectivity index (χ4n) is 1.83. The lowest BCUT2D eigenvalue weighted by molar-refractivity contribution is 0.0743. The number of rotatable bonds is 3. The number of hydrogen-bond acceptors (Lipinski definition) is 3. The molecule has 0 spiro atoms. The van der Waals surface area contributed by atoms with E-state index in [1.165, 1.54) is 0 Å². The number of thiophene rings is 1. The normalized spacial score (nSPS) is 12.2. The fraction of sp³-hybridized carbons (Fsp3) is 0.286. The van der Waals surface area contributed by atoms with Crippen LogP contribution < -0.4 is 5.56 Å². The van der Waals surface area contributed by atoms with Crippen LogP contribution in [0.4, 0.5) is 0 Å². The zero-order chi connectivity index (χ0) is 14.0. The summed E-state index contributed by atoms with van der Waals surface area (Å²) in [5.74, 6) is -0.262. The molecule has 0 fully saturated rings. The number of carbonyl (C=O) groups is 1. The Morgan fingerprint density at radius 3 is 2.68 bits per heavy atom. The third kappa shape index (κ3) is 2.76. The summed E-state index contributed by atoms with van der Waals surface area (Å²) in [6.07, 6.45) is 0. The highest BCUT2D eigenvalue weighted by Crippen LogP contribution is 2.24. The molecule has 0 aliphatic heterocycles. The predicted molar refractivity (Wildman–Crippen MR) is 76.6 cm³/mol. The standard InChI is InChI=1S/C14H16N2O2S/c1-9-6-7-11(13(17)15-9)14(18)16(3)10(2)12-5-4-8-19-12/h4-8,10H,1-3H3,(H,15,17)/t10-/m0/s1. The summed E-state index contributed by atoms with van der Waals surface area (Å²) in [5, 5.41) is 1.98. The van der Waals surface area contributed by atoms with Crippen LogP contribution in [0, 0.1) is 6.92 Å². The van der Waals surface area contributed by atoms with Crippen LogP contribution in [0.3, 0.4) is 0 Å². The highest BCUT2D eigenvalue weighted by molar-refractivity contribution is 7.10. The molecule has 0 aromatic carbocycles. The van der Waals surface area contributed by atoms with Gasteiger partial charge < -0.3 is 9.88 Å². The second-order valence-electron chi connectivity index (χ2n) is 4.49. The SMILES string of the molecule is Cc1ccc(C(=O)N(C)[C@@H](C)c2cccs2)c(=O)[nH]1. The van der Waals surface area contributed by atoms with Gasteiger partial charge in [-0.05, 0) is 37.4 Å². The molecule has 2 aromatic rings. The van der Waals surface area contributed by atoms with Crippen molar-refractivity contribution in [2.75, 3.05) is 7.05 Å². The van der Waals surface area contributed by atoms with Gasteiger partial charge in [0.2, 0.25) is 0 Å². The average molecular weight is 276 g/mol. The second kappa shape index (κ2) is 5.40. The summed E-state index contributed by atoms with van der Waals surface area (Å²) in [4.78, 5) is 29.5. The van der Waals surface area contributed by atoms with Crippen molar-refractivity contribution in [1.82, 2.24) is 9.88 Å². The Balaban J connectivity index is 2.26. The Morgan fingerprint density at radius 2 is 2.11 bits per heavy atom. The quantitative estimate of drug-likeness (QED) is 0.936. The highest BCUT2D eigenvalue weighted by atomic mass is 32.1. The number of aryl methyl sites for hydroxylation is 1. The molecule has 4 nitrogen and oxygen atoms in total. The van der Waals surface area contributed by atoms with E-state index in [4.69, 9.17) is 0 Å². The molecule has 0 aliphatic rings. The number of H-pyrrole nitrogens is 1. The van der Waals surface area contributed by atoms with Gasteiger partial charge in [0.15, 0.2) is 0 Å². The van der Waals surface area contributed by atoms with E-state index in [-0.39, 0.29) is 23.1 Å². The summed E-state index contributed by atoms with van der Waals surface area (Å²) < 4.78 is 0. The van der Waals surface area contributed by atoms with Crippen molar-refractivity contribution in [2.24, 2.45) is 0 Å². The summed E-state index contributed by atoms with van der Waals surface area (Å²) in [6.45, 7) is 3.74. The van der Waals surface area contributed by atoms with Crippen molar-refractivity contribution in [1.29, 1.82) is 0 Å². The third-order valence-corrected chi connectivity index (χ3v) is 4.18. The van der Waals surface area contributed by atoms with Crippen molar-refractivity contribution in [3.8, 4) is 0 Å². The minimum atomic E-state index is -0.338. The zero-order valence-corrected chi connectivity index (χ0v) is 12.0. The van der Waals surface area contributed by atoms with E-state index in [1.807, 2.05) is 24.4 Å². The van der Waals surface area contributed by atoms with Gasteiger partial charge in [-0.3, -0.25) is 9.59 Å².